The molecule has 0 bridgehead atoms. The molecule has 0 aliphatic heterocycles. The van der Waals surface area contributed by atoms with Gasteiger partial charge in [0.15, 0.2) is 0 Å². The number of nitriles is 1. The van der Waals surface area contributed by atoms with Crippen LogP contribution in [0, 0.1) is 17.4 Å². The van der Waals surface area contributed by atoms with E-state index in [1.54, 1.807) is 12.3 Å². The van der Waals surface area contributed by atoms with Crippen LogP contribution in [0.2, 0.25) is 0 Å². The van der Waals surface area contributed by atoms with Gasteiger partial charge in [-0.25, -0.2) is 0 Å². The number of aromatic nitrogens is 2. The normalized spacial score (nSPS) is 10.8. The number of fused-ring (bicyclic) bond motifs is 3. The van der Waals surface area contributed by atoms with Crippen molar-refractivity contribution >= 4 is 21.5 Å². The predicted octanol–water partition coefficient (Wildman–Crippen LogP) is 10.4. The fourth-order valence-electron chi connectivity index (χ4n) is 5.29. The minimum absolute atomic E-state index is 0. The van der Waals surface area contributed by atoms with E-state index >= 15 is 0 Å². The van der Waals surface area contributed by atoms with Crippen LogP contribution in [0.3, 0.4) is 0 Å². The summed E-state index contributed by atoms with van der Waals surface area (Å²) >= 11 is 0. The van der Waals surface area contributed by atoms with Gasteiger partial charge in [-0.3, -0.25) is 4.98 Å². The first-order valence-corrected chi connectivity index (χ1v) is 14.7. The fraction of sp³-hybridized carbons (Fsp3) is 0.0976. The van der Waals surface area contributed by atoms with E-state index in [1.165, 1.54) is 27.1 Å². The summed E-state index contributed by atoms with van der Waals surface area (Å²) in [6.45, 7) is 6.76. The third-order valence-corrected chi connectivity index (χ3v) is 7.73. The van der Waals surface area contributed by atoms with Crippen molar-refractivity contribution in [2.75, 3.05) is 0 Å². The first-order chi connectivity index (χ1) is 21.4. The first-order valence-electron chi connectivity index (χ1n) is 14.7. The molecular formula is C41H32IrN3-. The van der Waals surface area contributed by atoms with Crippen molar-refractivity contribution in [2.24, 2.45) is 0 Å². The van der Waals surface area contributed by atoms with Gasteiger partial charge >= 0.3 is 0 Å². The summed E-state index contributed by atoms with van der Waals surface area (Å²) in [5.41, 5.74) is 8.29. The molecule has 0 N–H and O–H groups in total. The third-order valence-electron chi connectivity index (χ3n) is 7.73. The zero-order valence-electron chi connectivity index (χ0n) is 25.5. The number of nitrogens with zero attached hydrogens (tertiary/aromatic N) is 3. The van der Waals surface area contributed by atoms with Crippen molar-refractivity contribution in [3.63, 3.8) is 0 Å². The van der Waals surface area contributed by atoms with Crippen LogP contribution in [-0.4, -0.2) is 9.97 Å². The van der Waals surface area contributed by atoms with Crippen LogP contribution in [-0.2, 0) is 25.5 Å². The van der Waals surface area contributed by atoms with E-state index in [0.717, 1.165) is 33.6 Å². The van der Waals surface area contributed by atoms with Gasteiger partial charge in [-0.2, -0.15) is 5.26 Å². The van der Waals surface area contributed by atoms with Crippen molar-refractivity contribution in [3.8, 4) is 39.7 Å². The van der Waals surface area contributed by atoms with Gasteiger partial charge in [-0.1, -0.05) is 116 Å². The van der Waals surface area contributed by atoms with Crippen molar-refractivity contribution < 1.29 is 20.1 Å². The van der Waals surface area contributed by atoms with Crippen LogP contribution in [0.5, 0.6) is 0 Å². The van der Waals surface area contributed by atoms with Gasteiger partial charge in [0.05, 0.1) is 17.3 Å². The second-order valence-corrected chi connectivity index (χ2v) is 11.8. The Morgan fingerprint density at radius 1 is 0.600 bits per heavy atom. The van der Waals surface area contributed by atoms with Crippen LogP contribution in [0.1, 0.15) is 31.9 Å². The molecule has 0 atom stereocenters. The number of benzene rings is 5. The molecule has 0 unspecified atom stereocenters. The van der Waals surface area contributed by atoms with Crippen LogP contribution in [0.4, 0.5) is 0 Å². The summed E-state index contributed by atoms with van der Waals surface area (Å²) < 4.78 is 0. The molecular weight excluding hydrogens is 727 g/mol. The predicted molar refractivity (Wildman–Crippen MR) is 182 cm³/mol. The SMILES string of the molecule is CC(C)(C)c1ccc2c(ccc3cc(-c4ccccn4)[c-]cc32)c1.N#Cc1cccc(-c2cc(-c3ccccc3)ccn2)c1.[Ir]. The van der Waals surface area contributed by atoms with Crippen molar-refractivity contribution in [2.45, 2.75) is 26.2 Å². The molecule has 0 amide bonds. The molecule has 0 spiro atoms. The zero-order chi connectivity index (χ0) is 30.5. The largest absolute Gasteiger partial charge is 0.305 e. The number of hydrogen-bond acceptors (Lipinski definition) is 3. The minimum atomic E-state index is 0. The van der Waals surface area contributed by atoms with E-state index < -0.39 is 0 Å². The molecule has 7 aromatic rings. The summed E-state index contributed by atoms with van der Waals surface area (Å²) in [5, 5.41) is 14.0. The molecule has 0 saturated carbocycles. The van der Waals surface area contributed by atoms with Crippen LogP contribution in [0.25, 0.3) is 55.2 Å². The molecule has 3 nitrogen and oxygen atoms in total. The van der Waals surface area contributed by atoms with E-state index in [-0.39, 0.29) is 25.5 Å². The molecule has 4 heteroatoms. The molecule has 5 aromatic carbocycles. The summed E-state index contributed by atoms with van der Waals surface area (Å²) in [4.78, 5) is 8.83. The van der Waals surface area contributed by atoms with Gasteiger partial charge in [-0.05, 0) is 63.5 Å². The van der Waals surface area contributed by atoms with Crippen LogP contribution >= 0.6 is 0 Å². The summed E-state index contributed by atoms with van der Waals surface area (Å²) in [7, 11) is 0. The number of hydrogen-bond donors (Lipinski definition) is 0. The standard InChI is InChI=1S/C23H20N.C18H12N2.Ir/c1-23(2,3)19-10-12-21-17(15-19)8-7-16-14-18(9-11-20(16)21)22-6-4-5-13-24-22;19-13-14-5-4-8-17(11-14)18-12-16(9-10-20-18)15-6-2-1-3-7-15;/h4-8,10-15H,1-3H3;1-12H;/q-1;;. The second kappa shape index (κ2) is 13.8. The monoisotopic (exact) mass is 759 g/mol. The van der Waals surface area contributed by atoms with E-state index in [4.69, 9.17) is 5.26 Å². The molecule has 2 aromatic heterocycles. The van der Waals surface area contributed by atoms with Crippen molar-refractivity contribution in [1.29, 1.82) is 5.26 Å². The van der Waals surface area contributed by atoms with Gasteiger partial charge in [0.1, 0.15) is 0 Å². The van der Waals surface area contributed by atoms with Crippen molar-refractivity contribution in [1.82, 2.24) is 9.97 Å². The Bertz CT molecular complexity index is 2110. The fourth-order valence-corrected chi connectivity index (χ4v) is 5.29. The number of pyridine rings is 2. The van der Waals surface area contributed by atoms with E-state index in [0.29, 0.717) is 5.56 Å². The summed E-state index contributed by atoms with van der Waals surface area (Å²) in [6, 6.07) is 48.7. The average molecular weight is 759 g/mol. The molecule has 1 radical (unpaired) electrons. The minimum Gasteiger partial charge on any atom is -0.305 e. The summed E-state index contributed by atoms with van der Waals surface area (Å²) in [5.74, 6) is 0. The Kier molecular flexibility index (Phi) is 9.65. The van der Waals surface area contributed by atoms with Crippen LogP contribution < -0.4 is 0 Å². The van der Waals surface area contributed by atoms with E-state index in [2.05, 4.69) is 97.5 Å². The molecule has 0 aliphatic rings. The van der Waals surface area contributed by atoms with E-state index in [9.17, 15) is 0 Å². The molecule has 221 valence electrons. The molecule has 0 saturated heterocycles. The first kappa shape index (κ1) is 31.5. The maximum Gasteiger partial charge on any atom is 0.0991 e. The smallest absolute Gasteiger partial charge is 0.0991 e. The van der Waals surface area contributed by atoms with Crippen molar-refractivity contribution in [3.05, 3.63) is 157 Å². The van der Waals surface area contributed by atoms with Crippen LogP contribution in [0.15, 0.2) is 140 Å². The van der Waals surface area contributed by atoms with Gasteiger partial charge < -0.3 is 4.98 Å². The summed E-state index contributed by atoms with van der Waals surface area (Å²) in [6.07, 6.45) is 3.62. The van der Waals surface area contributed by atoms with Gasteiger partial charge in [0.25, 0.3) is 0 Å². The Hall–Kier alpha value is -4.94. The zero-order valence-corrected chi connectivity index (χ0v) is 27.8. The molecule has 7 rings (SSSR count). The average Bonchev–Trinajstić information content (AvgIpc) is 3.08. The maximum absolute atomic E-state index is 8.97. The Morgan fingerprint density at radius 2 is 1.33 bits per heavy atom. The van der Waals surface area contributed by atoms with Gasteiger partial charge in [0.2, 0.25) is 0 Å². The Balaban J connectivity index is 0.000000177. The second-order valence-electron chi connectivity index (χ2n) is 11.8. The topological polar surface area (TPSA) is 49.6 Å². The molecule has 0 fully saturated rings. The molecule has 45 heavy (non-hydrogen) atoms. The molecule has 2 heterocycles. The Morgan fingerprint density at radius 3 is 2.07 bits per heavy atom. The third kappa shape index (κ3) is 7.24. The van der Waals surface area contributed by atoms with Gasteiger partial charge in [0, 0.05) is 38.1 Å². The van der Waals surface area contributed by atoms with Gasteiger partial charge in [-0.15, -0.1) is 29.1 Å². The number of rotatable bonds is 3. The molecule has 0 aliphatic carbocycles. The Labute approximate surface area is 278 Å². The quantitative estimate of drug-likeness (QED) is 0.133. The maximum atomic E-state index is 8.97. The van der Waals surface area contributed by atoms with E-state index in [1.807, 2.05) is 72.9 Å².